The van der Waals surface area contributed by atoms with E-state index in [-0.39, 0.29) is 57.3 Å². The molecule has 2 aromatic carbocycles. The zero-order valence-electron chi connectivity index (χ0n) is 14.5. The fourth-order valence-electron chi connectivity index (χ4n) is 1.34. The number of nitrogens with zero attached hydrogens (tertiary/aromatic N) is 2. The van der Waals surface area contributed by atoms with Crippen LogP contribution in [0.5, 0.6) is 0 Å². The maximum absolute atomic E-state index is 12.6. The molecule has 2 radical (unpaired) electrons. The molecular weight excluding hydrogens is 552 g/mol. The van der Waals surface area contributed by atoms with Gasteiger partial charge in [0, 0.05) is 0 Å². The molecule has 7 nitrogen and oxygen atoms in total. The average Bonchev–Trinajstić information content (AvgIpc) is 3.26. The molecule has 11 heteroatoms. The molecule has 1 aliphatic heterocycles. The largest absolute Gasteiger partial charge is 1.00 e. The summed E-state index contributed by atoms with van der Waals surface area (Å²) in [4.78, 5) is 0. The predicted molar refractivity (Wildman–Crippen MR) is 90.2 cm³/mol. The van der Waals surface area contributed by atoms with Crippen LogP contribution >= 0.6 is 0 Å². The number of aliphatic hydroxyl groups is 4. The second kappa shape index (κ2) is 14.9. The van der Waals surface area contributed by atoms with Crippen LogP contribution in [0.1, 0.15) is 6.92 Å². The Bertz CT molecular complexity index is 593. The maximum atomic E-state index is 12.6. The topological polar surface area (TPSA) is 122 Å². The zero-order chi connectivity index (χ0) is 19.6. The summed E-state index contributed by atoms with van der Waals surface area (Å²) in [7, 11) is 0. The van der Waals surface area contributed by atoms with Crippen LogP contribution in [0, 0.1) is 18.2 Å². The molecular formula is C17H19F2N2O5Ru2-. The van der Waals surface area contributed by atoms with Crippen molar-refractivity contribution in [3.63, 3.8) is 0 Å². The Morgan fingerprint density at radius 3 is 1.36 bits per heavy atom. The summed E-state index contributed by atoms with van der Waals surface area (Å²) in [6.07, 6.45) is -1.17. The number of halogens is 2. The van der Waals surface area contributed by atoms with Gasteiger partial charge in [0.2, 0.25) is 0 Å². The first kappa shape index (κ1) is 29.2. The Kier molecular flexibility index (Phi) is 15.5. The molecule has 1 aliphatic rings. The molecule has 1 saturated heterocycles. The first-order chi connectivity index (χ1) is 12.2. The van der Waals surface area contributed by atoms with E-state index in [4.69, 9.17) is 20.4 Å². The Labute approximate surface area is 187 Å². The van der Waals surface area contributed by atoms with Crippen LogP contribution in [0.25, 0.3) is 10.6 Å². The van der Waals surface area contributed by atoms with E-state index in [0.29, 0.717) is 11.4 Å². The predicted octanol–water partition coefficient (Wildman–Crippen LogP) is 2.76. The van der Waals surface area contributed by atoms with E-state index in [9.17, 15) is 8.78 Å². The first-order valence-corrected chi connectivity index (χ1v) is 7.37. The number of hydrogen-bond acceptors (Lipinski definition) is 5. The monoisotopic (exact) mass is 573 g/mol. The van der Waals surface area contributed by atoms with Crippen molar-refractivity contribution in [2.45, 2.75) is 19.2 Å². The minimum atomic E-state index is -1.88. The van der Waals surface area contributed by atoms with E-state index in [1.54, 1.807) is 24.3 Å². The molecule has 158 valence electrons. The standard InChI is InChI=1S/C13H10F2N2.C2H3O3.C2H6O2.2Ru/c14-10-1-5-12(6-2-10)16-9-17-13-7-3-11(15)4-8-13;3-2(4)1-5-2;1-2(3)4;;/h1-8H,9H2;1,3-4H;2-4H,1H3;;/q-2;-1;;2*+1. The van der Waals surface area contributed by atoms with Gasteiger partial charge < -0.3 is 35.8 Å². The van der Waals surface area contributed by atoms with Gasteiger partial charge >= 0.3 is 39.0 Å². The fourth-order valence-corrected chi connectivity index (χ4v) is 1.34. The minimum absolute atomic E-state index is 0. The molecule has 0 unspecified atom stereocenters. The fraction of sp³-hybridized carbons (Fsp3) is 0.235. The van der Waals surface area contributed by atoms with Crippen LogP contribution in [-0.2, 0) is 43.7 Å². The summed E-state index contributed by atoms with van der Waals surface area (Å²) >= 11 is 0. The van der Waals surface area contributed by atoms with Crippen molar-refractivity contribution in [3.05, 3.63) is 77.4 Å². The summed E-state index contributed by atoms with van der Waals surface area (Å²) in [5.74, 6) is -2.46. The SMILES string of the molecule is CC(O)O.Fc1ccc([N-]C[N-]c2ccc(F)cc2)cc1.OC1(O)[CH-]O1.[Ru+].[Ru+]. The molecule has 0 aromatic heterocycles. The van der Waals surface area contributed by atoms with Crippen LogP contribution in [0.15, 0.2) is 48.5 Å². The number of aliphatic hydroxyl groups excluding tert-OH is 1. The maximum Gasteiger partial charge on any atom is 1.00 e. The second-order valence-electron chi connectivity index (χ2n) is 4.94. The van der Waals surface area contributed by atoms with Crippen LogP contribution in [0.2, 0.25) is 0 Å². The first-order valence-electron chi connectivity index (χ1n) is 7.37. The van der Waals surface area contributed by atoms with E-state index >= 15 is 0 Å². The van der Waals surface area contributed by atoms with Crippen LogP contribution in [0.3, 0.4) is 0 Å². The van der Waals surface area contributed by atoms with E-state index in [0.717, 1.165) is 6.61 Å². The third-order valence-corrected chi connectivity index (χ3v) is 2.49. The molecule has 2 aromatic rings. The Morgan fingerprint density at radius 1 is 0.893 bits per heavy atom. The molecule has 0 atom stereocenters. The Morgan fingerprint density at radius 2 is 1.14 bits per heavy atom. The third-order valence-electron chi connectivity index (χ3n) is 2.49. The Balaban J connectivity index is 0. The molecule has 0 saturated carbocycles. The van der Waals surface area contributed by atoms with Gasteiger partial charge in [-0.15, -0.1) is 18.0 Å². The number of benzene rings is 2. The summed E-state index contributed by atoms with van der Waals surface area (Å²) in [6.45, 7) is 2.43. The van der Waals surface area contributed by atoms with Crippen molar-refractivity contribution in [1.29, 1.82) is 0 Å². The van der Waals surface area contributed by atoms with Crippen molar-refractivity contribution in [3.8, 4) is 0 Å². The molecule has 0 bridgehead atoms. The molecule has 28 heavy (non-hydrogen) atoms. The van der Waals surface area contributed by atoms with Gasteiger partial charge in [0.25, 0.3) is 0 Å². The summed E-state index contributed by atoms with van der Waals surface area (Å²) in [5, 5.41) is 39.3. The van der Waals surface area contributed by atoms with Gasteiger partial charge in [-0.2, -0.15) is 0 Å². The number of epoxide rings is 1. The van der Waals surface area contributed by atoms with Gasteiger partial charge in [0.05, 0.1) is 0 Å². The van der Waals surface area contributed by atoms with Gasteiger partial charge in [-0.3, -0.25) is 0 Å². The van der Waals surface area contributed by atoms with Crippen LogP contribution < -0.4 is 0 Å². The molecule has 0 aliphatic carbocycles. The van der Waals surface area contributed by atoms with Gasteiger partial charge in [0.15, 0.2) is 0 Å². The number of hydrogen-bond donors (Lipinski definition) is 4. The van der Waals surface area contributed by atoms with E-state index in [1.165, 1.54) is 31.2 Å². The quantitative estimate of drug-likeness (QED) is 0.195. The molecule has 1 heterocycles. The van der Waals surface area contributed by atoms with Crippen molar-refractivity contribution in [2.75, 3.05) is 6.67 Å². The minimum Gasteiger partial charge on any atom is -0.699 e. The third kappa shape index (κ3) is 16.0. The van der Waals surface area contributed by atoms with Crippen molar-refractivity contribution in [2.24, 2.45) is 0 Å². The van der Waals surface area contributed by atoms with Crippen LogP contribution in [-0.4, -0.2) is 39.4 Å². The van der Waals surface area contributed by atoms with Crippen molar-refractivity contribution >= 4 is 11.4 Å². The molecule has 0 amide bonds. The molecule has 4 N–H and O–H groups in total. The summed E-state index contributed by atoms with van der Waals surface area (Å²) in [5.41, 5.74) is 1.33. The molecule has 3 rings (SSSR count). The Hall–Kier alpha value is -1.05. The average molecular weight is 571 g/mol. The van der Waals surface area contributed by atoms with Crippen molar-refractivity contribution < 1.29 is 72.9 Å². The van der Waals surface area contributed by atoms with Gasteiger partial charge in [-0.05, 0) is 31.2 Å². The second-order valence-corrected chi connectivity index (χ2v) is 4.94. The van der Waals surface area contributed by atoms with Gasteiger partial charge in [-0.25, -0.2) is 15.4 Å². The van der Waals surface area contributed by atoms with E-state index < -0.39 is 12.3 Å². The number of ether oxygens (including phenoxy) is 1. The van der Waals surface area contributed by atoms with E-state index in [1.807, 2.05) is 0 Å². The van der Waals surface area contributed by atoms with Crippen molar-refractivity contribution in [1.82, 2.24) is 0 Å². The van der Waals surface area contributed by atoms with E-state index in [2.05, 4.69) is 15.4 Å². The van der Waals surface area contributed by atoms with Gasteiger partial charge in [-0.1, -0.05) is 24.3 Å². The molecule has 1 fully saturated rings. The summed E-state index contributed by atoms with van der Waals surface area (Å²) < 4.78 is 29.1. The van der Waals surface area contributed by atoms with Gasteiger partial charge in [0.1, 0.15) is 23.9 Å². The number of rotatable bonds is 4. The van der Waals surface area contributed by atoms with Crippen LogP contribution in [0.4, 0.5) is 20.2 Å². The summed E-state index contributed by atoms with van der Waals surface area (Å²) in [6, 6.07) is 11.7. The zero-order valence-corrected chi connectivity index (χ0v) is 18.0. The normalized spacial score (nSPS) is 12.7. The molecule has 0 spiro atoms. The smallest absolute Gasteiger partial charge is 0.699 e.